The van der Waals surface area contributed by atoms with Gasteiger partial charge < -0.3 is 42.0 Å². The van der Waals surface area contributed by atoms with Gasteiger partial charge in [0.15, 0.2) is 17.3 Å². The number of Topliss-reactive ketones (excluding diaryl/α,β-unsaturated/α-hetero) is 6. The van der Waals surface area contributed by atoms with Crippen LogP contribution >= 0.6 is 0 Å². The molecular weight excluding hydrogens is 755 g/mol. The maximum Gasteiger partial charge on any atom is 3.00 e. The molecule has 3 heterocycles. The predicted octanol–water partition coefficient (Wildman–Crippen LogP) is 5.39. The second kappa shape index (κ2) is 16.9. The minimum atomic E-state index is -5.03. The third-order valence-corrected chi connectivity index (χ3v) is 3.92. The predicted molar refractivity (Wildman–Crippen MR) is 115 cm³/mol. The van der Waals surface area contributed by atoms with E-state index in [1.54, 1.807) is 0 Å². The zero-order valence-corrected chi connectivity index (χ0v) is 22.8. The van der Waals surface area contributed by atoms with Crippen molar-refractivity contribution >= 4 is 34.7 Å². The van der Waals surface area contributed by atoms with E-state index in [-0.39, 0.29) is 85.9 Å². The molecule has 0 aliphatic heterocycles. The first kappa shape index (κ1) is 39.4. The van der Waals surface area contributed by atoms with E-state index in [2.05, 4.69) is 13.3 Å². The normalized spacial score (nSPS) is 10.8. The summed E-state index contributed by atoms with van der Waals surface area (Å²) < 4.78 is 119. The molecule has 0 aromatic carbocycles. The van der Waals surface area contributed by atoms with E-state index >= 15 is 0 Å². The van der Waals surface area contributed by atoms with Crippen molar-refractivity contribution in [2.75, 3.05) is 0 Å². The maximum atomic E-state index is 11.7. The van der Waals surface area contributed by atoms with Gasteiger partial charge in [0, 0.05) is 17.3 Å². The Hall–Kier alpha value is -3.58. The number of halogens is 9. The second-order valence-electron chi connectivity index (χ2n) is 7.04. The van der Waals surface area contributed by atoms with Crippen LogP contribution in [-0.4, -0.2) is 53.2 Å². The summed E-state index contributed by atoms with van der Waals surface area (Å²) in [6.45, 7) is 0. The van der Waals surface area contributed by atoms with Crippen LogP contribution in [0.25, 0.3) is 0 Å². The van der Waals surface area contributed by atoms with Crippen molar-refractivity contribution in [2.45, 2.75) is 18.5 Å². The molecule has 19 heteroatoms. The molecule has 0 aliphatic carbocycles. The van der Waals surface area contributed by atoms with Gasteiger partial charge in [-0.3, -0.25) is 0 Å². The number of hydrogen-bond acceptors (Lipinski definition) is 9. The molecule has 3 rings (SSSR count). The molecule has 0 fully saturated rings. The Balaban J connectivity index is 0.000000608. The SMILES string of the molecule is O=C([CH-]C(=O)C(F)(F)F)c1ccco1.O=C([CH-]C(=O)C(F)(F)F)c1ccco1.O=C([CH-]C(=O)C(F)(F)F)c1ccco1.[Eu+3]. The topological polar surface area (TPSA) is 142 Å². The first-order chi connectivity index (χ1) is 19.2. The van der Waals surface area contributed by atoms with Gasteiger partial charge in [-0.05, 0) is 18.2 Å². The molecule has 0 bridgehead atoms. The van der Waals surface area contributed by atoms with E-state index in [0.29, 0.717) is 0 Å². The molecule has 9 nitrogen and oxygen atoms in total. The van der Waals surface area contributed by atoms with Crippen molar-refractivity contribution in [3.05, 3.63) is 91.7 Å². The van der Waals surface area contributed by atoms with Crippen LogP contribution in [0.3, 0.4) is 0 Å². The van der Waals surface area contributed by atoms with E-state index in [0.717, 1.165) is 18.8 Å². The molecular formula is C24H12EuF9O9. The molecule has 0 saturated heterocycles. The van der Waals surface area contributed by atoms with Crippen LogP contribution in [0.5, 0.6) is 0 Å². The molecule has 43 heavy (non-hydrogen) atoms. The van der Waals surface area contributed by atoms with Gasteiger partial charge in [0.05, 0.1) is 36.1 Å². The summed E-state index contributed by atoms with van der Waals surface area (Å²) in [5.74, 6) is -10.8. The largest absolute Gasteiger partial charge is 3.00 e. The quantitative estimate of drug-likeness (QED) is 0.121. The molecule has 0 amide bonds. The number of furan rings is 3. The molecule has 3 aromatic rings. The Morgan fingerprint density at radius 2 is 0.674 bits per heavy atom. The summed E-state index contributed by atoms with van der Waals surface area (Å²) in [4.78, 5) is 63.7. The van der Waals surface area contributed by atoms with Crippen molar-refractivity contribution in [2.24, 2.45) is 0 Å². The average Bonchev–Trinajstić information content (AvgIpc) is 3.66. The number of alkyl halides is 9. The molecule has 0 unspecified atom stereocenters. The minimum Gasteiger partial charge on any atom is -0.548 e. The second-order valence-corrected chi connectivity index (χ2v) is 7.04. The van der Waals surface area contributed by atoms with Gasteiger partial charge in [-0.1, -0.05) is 18.2 Å². The fourth-order valence-corrected chi connectivity index (χ4v) is 2.07. The van der Waals surface area contributed by atoms with Gasteiger partial charge in [-0.2, -0.15) is 39.5 Å². The standard InChI is InChI=1S/3C8H4F3O3.Eu/c3*9-8(10,11)7(13)4-5(12)6-2-1-3-14-6;/h3*1-4H;/q3*-1;+3. The third-order valence-electron chi connectivity index (χ3n) is 3.92. The van der Waals surface area contributed by atoms with Gasteiger partial charge in [0.1, 0.15) is 0 Å². The Morgan fingerprint density at radius 3 is 0.814 bits per heavy atom. The summed E-state index contributed by atoms with van der Waals surface area (Å²) in [6.07, 6.45) is -11.8. The van der Waals surface area contributed by atoms with Crippen molar-refractivity contribution in [1.82, 2.24) is 0 Å². The first-order valence-electron chi connectivity index (χ1n) is 10.3. The number of carbonyl (C=O) groups is 6. The summed E-state index contributed by atoms with van der Waals surface area (Å²) in [6, 6.07) is 7.50. The van der Waals surface area contributed by atoms with Gasteiger partial charge in [-0.25, -0.2) is 0 Å². The van der Waals surface area contributed by atoms with E-state index in [4.69, 9.17) is 0 Å². The fourth-order valence-electron chi connectivity index (χ4n) is 2.07. The zero-order valence-electron chi connectivity index (χ0n) is 20.4. The molecule has 0 spiro atoms. The van der Waals surface area contributed by atoms with Crippen molar-refractivity contribution in [3.63, 3.8) is 0 Å². The van der Waals surface area contributed by atoms with Crippen molar-refractivity contribution in [3.8, 4) is 0 Å². The summed E-state index contributed by atoms with van der Waals surface area (Å²) in [5.41, 5.74) is 0. The monoisotopic (exact) mass is 768 g/mol. The van der Waals surface area contributed by atoms with Crippen LogP contribution in [0, 0.1) is 68.6 Å². The Bertz CT molecular complexity index is 1190. The van der Waals surface area contributed by atoms with Crippen LogP contribution in [0.1, 0.15) is 31.7 Å². The molecule has 0 aliphatic rings. The minimum absolute atomic E-state index is 0. The Kier molecular flexibility index (Phi) is 15.5. The maximum absolute atomic E-state index is 11.7. The molecule has 0 saturated carbocycles. The van der Waals surface area contributed by atoms with Crippen LogP contribution in [0.15, 0.2) is 68.4 Å². The summed E-state index contributed by atoms with van der Waals surface area (Å²) in [7, 11) is 0. The molecule has 0 radical (unpaired) electrons. The third kappa shape index (κ3) is 14.4. The molecule has 232 valence electrons. The zero-order chi connectivity index (χ0) is 32.3. The van der Waals surface area contributed by atoms with Crippen LogP contribution in [0.2, 0.25) is 0 Å². The summed E-state index contributed by atoms with van der Waals surface area (Å²) in [5, 5.41) is 0. The molecule has 3 aromatic heterocycles. The number of ketones is 6. The number of hydrogen-bond donors (Lipinski definition) is 0. The van der Waals surface area contributed by atoms with Gasteiger partial charge in [-0.15, -0.1) is 19.3 Å². The fraction of sp³-hybridized carbons (Fsp3) is 0.125. The molecule has 0 atom stereocenters. The smallest absolute Gasteiger partial charge is 0.548 e. The van der Waals surface area contributed by atoms with E-state index < -0.39 is 53.2 Å². The van der Waals surface area contributed by atoms with Crippen LogP contribution in [-0.2, 0) is 14.4 Å². The molecule has 0 N–H and O–H groups in total. The van der Waals surface area contributed by atoms with E-state index in [9.17, 15) is 68.3 Å². The van der Waals surface area contributed by atoms with E-state index in [1.165, 1.54) is 36.4 Å². The summed E-state index contributed by atoms with van der Waals surface area (Å²) >= 11 is 0. The van der Waals surface area contributed by atoms with Crippen molar-refractivity contribution in [1.29, 1.82) is 0 Å². The average molecular weight is 767 g/mol. The van der Waals surface area contributed by atoms with E-state index in [1.807, 2.05) is 0 Å². The number of rotatable bonds is 9. The van der Waals surface area contributed by atoms with Crippen molar-refractivity contribution < 1.29 is 131 Å². The van der Waals surface area contributed by atoms with Crippen LogP contribution in [0.4, 0.5) is 39.5 Å². The Labute approximate surface area is 274 Å². The Morgan fingerprint density at radius 1 is 0.465 bits per heavy atom. The van der Waals surface area contributed by atoms with Gasteiger partial charge in [0.2, 0.25) is 0 Å². The first-order valence-corrected chi connectivity index (χ1v) is 10.3. The van der Waals surface area contributed by atoms with Gasteiger partial charge in [0.25, 0.3) is 0 Å². The van der Waals surface area contributed by atoms with Crippen LogP contribution < -0.4 is 0 Å². The number of carbonyl (C=O) groups excluding carboxylic acids is 6. The van der Waals surface area contributed by atoms with Gasteiger partial charge >= 0.3 is 67.9 Å².